The lowest BCUT2D eigenvalue weighted by atomic mass is 9.51. The van der Waals surface area contributed by atoms with E-state index in [1.165, 1.54) is 18.2 Å². The fourth-order valence-electron chi connectivity index (χ4n) is 5.50. The van der Waals surface area contributed by atoms with Gasteiger partial charge in [0.25, 0.3) is 0 Å². The summed E-state index contributed by atoms with van der Waals surface area (Å²) in [6.07, 6.45) is 5.84. The van der Waals surface area contributed by atoms with E-state index in [4.69, 9.17) is 0 Å². The SMILES string of the molecule is CC(=O)NCCN(C(=O)C1C2CC3CC(C2)CC1C3)C(C)C(=O)O. The summed E-state index contributed by atoms with van der Waals surface area (Å²) >= 11 is 0. The Labute approximate surface area is 143 Å². The second kappa shape index (κ2) is 6.73. The minimum absolute atomic E-state index is 0.0101. The molecule has 1 atom stereocenters. The second-order valence-electron chi connectivity index (χ2n) is 7.99. The molecule has 0 heterocycles. The Balaban J connectivity index is 1.72. The fraction of sp³-hybridized carbons (Fsp3) is 0.833. The Morgan fingerprint density at radius 3 is 2.08 bits per heavy atom. The normalized spacial score (nSPS) is 34.7. The molecule has 6 nitrogen and oxygen atoms in total. The van der Waals surface area contributed by atoms with Crippen LogP contribution in [0, 0.1) is 29.6 Å². The van der Waals surface area contributed by atoms with Crippen LogP contribution in [-0.2, 0) is 14.4 Å². The molecule has 6 heteroatoms. The molecule has 4 bridgehead atoms. The minimum Gasteiger partial charge on any atom is -0.480 e. The minimum atomic E-state index is -0.991. The van der Waals surface area contributed by atoms with Crippen molar-refractivity contribution in [2.75, 3.05) is 13.1 Å². The molecule has 4 rings (SSSR count). The zero-order chi connectivity index (χ0) is 17.4. The van der Waals surface area contributed by atoms with E-state index >= 15 is 0 Å². The molecule has 4 aliphatic carbocycles. The number of nitrogens with zero attached hydrogens (tertiary/aromatic N) is 1. The predicted molar refractivity (Wildman–Crippen MR) is 88.0 cm³/mol. The van der Waals surface area contributed by atoms with Gasteiger partial charge in [-0.05, 0) is 62.7 Å². The largest absolute Gasteiger partial charge is 0.480 e. The molecule has 4 fully saturated rings. The maximum absolute atomic E-state index is 13.2. The summed E-state index contributed by atoms with van der Waals surface area (Å²) in [7, 11) is 0. The molecular formula is C18H28N2O4. The van der Waals surface area contributed by atoms with E-state index in [0.717, 1.165) is 37.5 Å². The zero-order valence-electron chi connectivity index (χ0n) is 14.5. The van der Waals surface area contributed by atoms with Crippen molar-refractivity contribution >= 4 is 17.8 Å². The van der Waals surface area contributed by atoms with Gasteiger partial charge in [-0.15, -0.1) is 0 Å². The molecule has 0 radical (unpaired) electrons. The quantitative estimate of drug-likeness (QED) is 0.769. The van der Waals surface area contributed by atoms with Crippen LogP contribution in [0.5, 0.6) is 0 Å². The Kier molecular flexibility index (Phi) is 4.83. The Morgan fingerprint density at radius 1 is 1.08 bits per heavy atom. The Bertz CT molecular complexity index is 505. The molecule has 1 unspecified atom stereocenters. The van der Waals surface area contributed by atoms with Gasteiger partial charge >= 0.3 is 5.97 Å². The predicted octanol–water partition coefficient (Wildman–Crippen LogP) is 1.50. The molecule has 0 aliphatic heterocycles. The highest BCUT2D eigenvalue weighted by molar-refractivity contribution is 5.85. The smallest absolute Gasteiger partial charge is 0.326 e. The molecule has 2 N–H and O–H groups in total. The first-order valence-electron chi connectivity index (χ1n) is 9.14. The lowest BCUT2D eigenvalue weighted by molar-refractivity contribution is -0.158. The van der Waals surface area contributed by atoms with Crippen LogP contribution < -0.4 is 5.32 Å². The summed E-state index contributed by atoms with van der Waals surface area (Å²) in [5.74, 6) is 1.23. The standard InChI is InChI=1S/C18H28N2O4/c1-10(18(23)24)20(4-3-19-11(2)21)17(22)16-14-6-12-5-13(8-14)9-15(16)7-12/h10,12-16H,3-9H2,1-2H3,(H,19,21)(H,23,24). The van der Waals surface area contributed by atoms with Crippen LogP contribution in [0.1, 0.15) is 46.0 Å². The van der Waals surface area contributed by atoms with Crippen molar-refractivity contribution in [1.29, 1.82) is 0 Å². The van der Waals surface area contributed by atoms with Crippen molar-refractivity contribution < 1.29 is 19.5 Å². The average molecular weight is 336 g/mol. The van der Waals surface area contributed by atoms with Crippen molar-refractivity contribution in [1.82, 2.24) is 10.2 Å². The van der Waals surface area contributed by atoms with E-state index < -0.39 is 12.0 Å². The van der Waals surface area contributed by atoms with E-state index in [2.05, 4.69) is 5.32 Å². The van der Waals surface area contributed by atoms with Crippen LogP contribution in [0.4, 0.5) is 0 Å². The number of carbonyl (C=O) groups excluding carboxylic acids is 2. The van der Waals surface area contributed by atoms with Crippen LogP contribution in [0.25, 0.3) is 0 Å². The molecule has 0 spiro atoms. The maximum atomic E-state index is 13.2. The summed E-state index contributed by atoms with van der Waals surface area (Å²) in [5, 5.41) is 12.0. The Hall–Kier alpha value is -1.59. The highest BCUT2D eigenvalue weighted by Gasteiger charge is 2.52. The Morgan fingerprint density at radius 2 is 1.62 bits per heavy atom. The van der Waals surface area contributed by atoms with Crippen molar-refractivity contribution in [3.8, 4) is 0 Å². The van der Waals surface area contributed by atoms with E-state index in [1.54, 1.807) is 6.92 Å². The summed E-state index contributed by atoms with van der Waals surface area (Å²) < 4.78 is 0. The topological polar surface area (TPSA) is 86.7 Å². The van der Waals surface area contributed by atoms with Crippen LogP contribution in [0.2, 0.25) is 0 Å². The van der Waals surface area contributed by atoms with Gasteiger partial charge < -0.3 is 15.3 Å². The molecule has 0 aromatic carbocycles. The van der Waals surface area contributed by atoms with E-state index in [1.807, 2.05) is 0 Å². The molecule has 2 amide bonds. The summed E-state index contributed by atoms with van der Waals surface area (Å²) in [5.41, 5.74) is 0. The summed E-state index contributed by atoms with van der Waals surface area (Å²) in [6, 6.07) is -0.858. The van der Waals surface area contributed by atoms with Crippen molar-refractivity contribution in [3.63, 3.8) is 0 Å². The van der Waals surface area contributed by atoms with Gasteiger partial charge in [0.1, 0.15) is 6.04 Å². The van der Waals surface area contributed by atoms with Gasteiger partial charge in [-0.2, -0.15) is 0 Å². The number of carboxylic acids is 1. The maximum Gasteiger partial charge on any atom is 0.326 e. The number of carbonyl (C=O) groups is 3. The third-order valence-electron chi connectivity index (χ3n) is 6.35. The van der Waals surface area contributed by atoms with Crippen molar-refractivity contribution in [2.24, 2.45) is 29.6 Å². The van der Waals surface area contributed by atoms with Gasteiger partial charge in [0, 0.05) is 25.9 Å². The second-order valence-corrected chi connectivity index (χ2v) is 7.99. The third kappa shape index (κ3) is 3.28. The lowest BCUT2D eigenvalue weighted by Crippen LogP contribution is -2.55. The number of hydrogen-bond donors (Lipinski definition) is 2. The highest BCUT2D eigenvalue weighted by Crippen LogP contribution is 2.56. The van der Waals surface area contributed by atoms with E-state index in [9.17, 15) is 19.5 Å². The number of carboxylic acid groups (broad SMARTS) is 1. The van der Waals surface area contributed by atoms with Gasteiger partial charge in [-0.3, -0.25) is 9.59 Å². The summed E-state index contributed by atoms with van der Waals surface area (Å²) in [4.78, 5) is 37.2. The number of amides is 2. The first kappa shape index (κ1) is 17.2. The number of hydrogen-bond acceptors (Lipinski definition) is 3. The van der Waals surface area contributed by atoms with Gasteiger partial charge in [0.05, 0.1) is 0 Å². The molecule has 134 valence electrons. The van der Waals surface area contributed by atoms with Gasteiger partial charge in [-0.1, -0.05) is 0 Å². The average Bonchev–Trinajstić information content (AvgIpc) is 2.49. The van der Waals surface area contributed by atoms with E-state index in [0.29, 0.717) is 18.4 Å². The molecule has 24 heavy (non-hydrogen) atoms. The first-order valence-corrected chi connectivity index (χ1v) is 9.14. The molecule has 0 aromatic heterocycles. The van der Waals surface area contributed by atoms with Crippen molar-refractivity contribution in [2.45, 2.75) is 52.0 Å². The van der Waals surface area contributed by atoms with Crippen LogP contribution in [-0.4, -0.2) is 46.9 Å². The fourth-order valence-corrected chi connectivity index (χ4v) is 5.50. The highest BCUT2D eigenvalue weighted by atomic mass is 16.4. The molecule has 4 saturated carbocycles. The van der Waals surface area contributed by atoms with E-state index in [-0.39, 0.29) is 24.3 Å². The molecule has 0 aromatic rings. The van der Waals surface area contributed by atoms with Crippen LogP contribution in [0.3, 0.4) is 0 Å². The lowest BCUT2D eigenvalue weighted by Gasteiger charge is -2.54. The number of aliphatic carboxylic acids is 1. The monoisotopic (exact) mass is 336 g/mol. The molecule has 4 aliphatic rings. The molecule has 0 saturated heterocycles. The van der Waals surface area contributed by atoms with Gasteiger partial charge in [-0.25, -0.2) is 4.79 Å². The van der Waals surface area contributed by atoms with Crippen LogP contribution in [0.15, 0.2) is 0 Å². The number of nitrogens with one attached hydrogen (secondary N) is 1. The van der Waals surface area contributed by atoms with Gasteiger partial charge in [0.2, 0.25) is 11.8 Å². The van der Waals surface area contributed by atoms with Gasteiger partial charge in [0.15, 0.2) is 0 Å². The zero-order valence-corrected chi connectivity index (χ0v) is 14.5. The van der Waals surface area contributed by atoms with Crippen molar-refractivity contribution in [3.05, 3.63) is 0 Å². The first-order chi connectivity index (χ1) is 11.4. The molecular weight excluding hydrogens is 308 g/mol. The summed E-state index contributed by atoms with van der Waals surface area (Å²) in [6.45, 7) is 3.54. The third-order valence-corrected chi connectivity index (χ3v) is 6.35. The number of rotatable bonds is 6. The van der Waals surface area contributed by atoms with Crippen LogP contribution >= 0.6 is 0 Å².